The molecule has 3 heteroatoms. The van der Waals surface area contributed by atoms with E-state index in [4.69, 9.17) is 0 Å². The van der Waals surface area contributed by atoms with Crippen LogP contribution in [0.15, 0.2) is 48.5 Å². The quantitative estimate of drug-likeness (QED) is 0.785. The fraction of sp³-hybridized carbons (Fsp3) is 0.250. The van der Waals surface area contributed by atoms with Crippen molar-refractivity contribution in [1.82, 2.24) is 0 Å². The van der Waals surface area contributed by atoms with Crippen molar-refractivity contribution in [1.29, 1.82) is 0 Å². The average molecular weight is 253 g/mol. The maximum atomic E-state index is 3.55. The van der Waals surface area contributed by atoms with Crippen LogP contribution in [0.25, 0.3) is 0 Å². The summed E-state index contributed by atoms with van der Waals surface area (Å²) < 4.78 is 0. The van der Waals surface area contributed by atoms with Gasteiger partial charge in [0.2, 0.25) is 0 Å². The van der Waals surface area contributed by atoms with Gasteiger partial charge >= 0.3 is 0 Å². The first-order valence-electron chi connectivity index (χ1n) is 6.71. The Hall–Kier alpha value is -2.16. The summed E-state index contributed by atoms with van der Waals surface area (Å²) in [7, 11) is 0. The van der Waals surface area contributed by atoms with Crippen molar-refractivity contribution >= 4 is 17.1 Å². The van der Waals surface area contributed by atoms with Crippen LogP contribution in [-0.4, -0.2) is 19.1 Å². The lowest BCUT2D eigenvalue weighted by molar-refractivity contribution is 0.772. The Kier molecular flexibility index (Phi) is 3.27. The Labute approximate surface area is 114 Å². The number of fused-ring (bicyclic) bond motifs is 1. The molecule has 0 saturated heterocycles. The number of para-hydroxylation sites is 2. The Bertz CT molecular complexity index is 548. The minimum absolute atomic E-state index is 0.399. The van der Waals surface area contributed by atoms with Crippen LogP contribution in [0.5, 0.6) is 0 Å². The van der Waals surface area contributed by atoms with E-state index < -0.39 is 0 Å². The van der Waals surface area contributed by atoms with Gasteiger partial charge in [0.25, 0.3) is 0 Å². The molecule has 1 atom stereocenters. The third kappa shape index (κ3) is 2.81. The largest absolute Gasteiger partial charge is 0.383 e. The van der Waals surface area contributed by atoms with Gasteiger partial charge in [-0.3, -0.25) is 0 Å². The van der Waals surface area contributed by atoms with Crippen molar-refractivity contribution in [2.45, 2.75) is 13.0 Å². The predicted octanol–water partition coefficient (Wildman–Crippen LogP) is 3.31. The molecule has 0 unspecified atom stereocenters. The van der Waals surface area contributed by atoms with Crippen LogP contribution in [0.2, 0.25) is 0 Å². The highest BCUT2D eigenvalue weighted by molar-refractivity contribution is 5.71. The van der Waals surface area contributed by atoms with Crippen molar-refractivity contribution in [3.05, 3.63) is 54.1 Å². The van der Waals surface area contributed by atoms with Gasteiger partial charge in [-0.05, 0) is 31.2 Å². The van der Waals surface area contributed by atoms with Crippen LogP contribution in [-0.2, 0) is 0 Å². The molecule has 0 saturated carbocycles. The number of rotatable bonds is 3. The zero-order valence-electron chi connectivity index (χ0n) is 11.1. The predicted molar refractivity (Wildman–Crippen MR) is 82.0 cm³/mol. The molecule has 3 rings (SSSR count). The van der Waals surface area contributed by atoms with Gasteiger partial charge in [0.1, 0.15) is 0 Å². The number of benzene rings is 2. The first kappa shape index (κ1) is 11.9. The van der Waals surface area contributed by atoms with E-state index in [9.17, 15) is 0 Å². The third-order valence-corrected chi connectivity index (χ3v) is 3.43. The second-order valence-corrected chi connectivity index (χ2v) is 5.01. The van der Waals surface area contributed by atoms with E-state index in [1.165, 1.54) is 22.6 Å². The molecule has 3 nitrogen and oxygen atoms in total. The van der Waals surface area contributed by atoms with E-state index >= 15 is 0 Å². The Balaban J connectivity index is 1.59. The van der Waals surface area contributed by atoms with E-state index in [2.05, 4.69) is 71.4 Å². The lowest BCUT2D eigenvalue weighted by Gasteiger charge is -2.28. The highest BCUT2D eigenvalue weighted by Gasteiger charge is 2.15. The summed E-state index contributed by atoms with van der Waals surface area (Å²) in [5, 5.41) is 10.5. The van der Waals surface area contributed by atoms with Gasteiger partial charge in [-0.25, -0.2) is 0 Å². The van der Waals surface area contributed by atoms with Crippen molar-refractivity contribution in [2.24, 2.45) is 0 Å². The fourth-order valence-electron chi connectivity index (χ4n) is 2.30. The topological polar surface area (TPSA) is 36.1 Å². The van der Waals surface area contributed by atoms with E-state index in [0.717, 1.165) is 13.1 Å². The SMILES string of the molecule is Cc1ccc(NC[C@H]2CNc3ccccc3N2)cc1. The molecule has 0 amide bonds. The monoisotopic (exact) mass is 253 g/mol. The maximum absolute atomic E-state index is 3.55. The minimum Gasteiger partial charge on any atom is -0.383 e. The average Bonchev–Trinajstić information content (AvgIpc) is 2.46. The summed E-state index contributed by atoms with van der Waals surface area (Å²) in [6, 6.07) is 17.2. The van der Waals surface area contributed by atoms with Crippen molar-refractivity contribution in [3.63, 3.8) is 0 Å². The molecule has 1 aliphatic rings. The van der Waals surface area contributed by atoms with Gasteiger partial charge in [-0.2, -0.15) is 0 Å². The summed E-state index contributed by atoms with van der Waals surface area (Å²) in [6.07, 6.45) is 0. The van der Waals surface area contributed by atoms with Crippen LogP contribution >= 0.6 is 0 Å². The van der Waals surface area contributed by atoms with Crippen molar-refractivity contribution in [3.8, 4) is 0 Å². The molecule has 1 aliphatic heterocycles. The molecule has 0 aliphatic carbocycles. The molecule has 1 heterocycles. The molecule has 0 bridgehead atoms. The van der Waals surface area contributed by atoms with E-state index in [1.54, 1.807) is 0 Å². The zero-order chi connectivity index (χ0) is 13.1. The zero-order valence-corrected chi connectivity index (χ0v) is 11.1. The van der Waals surface area contributed by atoms with Crippen LogP contribution in [0.3, 0.4) is 0 Å². The van der Waals surface area contributed by atoms with E-state index in [-0.39, 0.29) is 0 Å². The molecule has 98 valence electrons. The standard InChI is InChI=1S/C16H19N3/c1-12-6-8-13(9-7-12)17-10-14-11-18-15-4-2-3-5-16(15)19-14/h2-9,14,17-19H,10-11H2,1H3/t14-/m0/s1. The molecule has 0 radical (unpaired) electrons. The van der Waals surface area contributed by atoms with E-state index in [1.807, 2.05) is 0 Å². The second-order valence-electron chi connectivity index (χ2n) is 5.01. The van der Waals surface area contributed by atoms with Gasteiger partial charge in [0.05, 0.1) is 17.4 Å². The normalized spacial score (nSPS) is 17.0. The highest BCUT2D eigenvalue weighted by atomic mass is 15.1. The Morgan fingerprint density at radius 1 is 1.05 bits per heavy atom. The number of hydrogen-bond donors (Lipinski definition) is 3. The van der Waals surface area contributed by atoms with Crippen LogP contribution in [0.1, 0.15) is 5.56 Å². The number of hydrogen-bond acceptors (Lipinski definition) is 3. The first-order valence-corrected chi connectivity index (χ1v) is 6.71. The minimum atomic E-state index is 0.399. The molecular formula is C16H19N3. The number of aryl methyl sites for hydroxylation is 1. The highest BCUT2D eigenvalue weighted by Crippen LogP contribution is 2.25. The van der Waals surface area contributed by atoms with Crippen LogP contribution in [0, 0.1) is 6.92 Å². The van der Waals surface area contributed by atoms with Crippen LogP contribution in [0.4, 0.5) is 17.1 Å². The van der Waals surface area contributed by atoms with Crippen molar-refractivity contribution < 1.29 is 0 Å². The van der Waals surface area contributed by atoms with Gasteiger partial charge in [-0.1, -0.05) is 29.8 Å². The smallest absolute Gasteiger partial charge is 0.0607 e. The van der Waals surface area contributed by atoms with Gasteiger partial charge in [0, 0.05) is 18.8 Å². The summed E-state index contributed by atoms with van der Waals surface area (Å²) in [4.78, 5) is 0. The lowest BCUT2D eigenvalue weighted by Crippen LogP contribution is -2.38. The molecular weight excluding hydrogens is 234 g/mol. The van der Waals surface area contributed by atoms with Gasteiger partial charge in [-0.15, -0.1) is 0 Å². The Morgan fingerprint density at radius 3 is 2.58 bits per heavy atom. The molecule has 2 aromatic carbocycles. The third-order valence-electron chi connectivity index (χ3n) is 3.43. The van der Waals surface area contributed by atoms with Gasteiger partial charge < -0.3 is 16.0 Å². The summed E-state index contributed by atoms with van der Waals surface area (Å²) >= 11 is 0. The molecule has 0 spiro atoms. The van der Waals surface area contributed by atoms with Gasteiger partial charge in [0.15, 0.2) is 0 Å². The summed E-state index contributed by atoms with van der Waals surface area (Å²) in [5.41, 5.74) is 4.83. The number of nitrogens with one attached hydrogen (secondary N) is 3. The first-order chi connectivity index (χ1) is 9.31. The van der Waals surface area contributed by atoms with E-state index in [0.29, 0.717) is 6.04 Å². The lowest BCUT2D eigenvalue weighted by atomic mass is 10.1. The fourth-order valence-corrected chi connectivity index (χ4v) is 2.30. The molecule has 3 N–H and O–H groups in total. The molecule has 0 aromatic heterocycles. The Morgan fingerprint density at radius 2 is 1.79 bits per heavy atom. The molecule has 0 fully saturated rings. The molecule has 19 heavy (non-hydrogen) atoms. The number of anilines is 3. The summed E-state index contributed by atoms with van der Waals surface area (Å²) in [6.45, 7) is 3.95. The van der Waals surface area contributed by atoms with Crippen LogP contribution < -0.4 is 16.0 Å². The van der Waals surface area contributed by atoms with Crippen molar-refractivity contribution in [2.75, 3.05) is 29.0 Å². The maximum Gasteiger partial charge on any atom is 0.0607 e. The summed E-state index contributed by atoms with van der Waals surface area (Å²) in [5.74, 6) is 0. The second kappa shape index (κ2) is 5.22. The molecule has 2 aromatic rings.